The van der Waals surface area contributed by atoms with Crippen LogP contribution in [0.3, 0.4) is 0 Å². The minimum atomic E-state index is -1.18. The highest BCUT2D eigenvalue weighted by Gasteiger charge is 2.37. The van der Waals surface area contributed by atoms with Crippen LogP contribution in [0.1, 0.15) is 93.9 Å². The van der Waals surface area contributed by atoms with Crippen molar-refractivity contribution in [2.24, 2.45) is 11.8 Å². The van der Waals surface area contributed by atoms with Crippen LogP contribution in [0.25, 0.3) is 0 Å². The monoisotopic (exact) mass is 685 g/mol. The van der Waals surface area contributed by atoms with E-state index in [9.17, 15) is 29.1 Å². The molecule has 1 fully saturated rings. The van der Waals surface area contributed by atoms with Crippen molar-refractivity contribution < 1.29 is 33.8 Å². The van der Waals surface area contributed by atoms with Gasteiger partial charge in [-0.05, 0) is 43.8 Å². The van der Waals surface area contributed by atoms with Gasteiger partial charge in [-0.2, -0.15) is 0 Å². The number of hydrogen-bond acceptors (Lipinski definition) is 9. The van der Waals surface area contributed by atoms with Crippen LogP contribution in [0, 0.1) is 11.8 Å². The summed E-state index contributed by atoms with van der Waals surface area (Å²) in [6.45, 7) is 9.98. The van der Waals surface area contributed by atoms with E-state index in [1.807, 2.05) is 45.7 Å². The molecule has 0 aliphatic carbocycles. The molecule has 1 aliphatic rings. The fourth-order valence-corrected chi connectivity index (χ4v) is 6.88. The summed E-state index contributed by atoms with van der Waals surface area (Å²) in [5.74, 6) is -2.94. The first-order valence-electron chi connectivity index (χ1n) is 16.7. The van der Waals surface area contributed by atoms with Gasteiger partial charge >= 0.3 is 11.9 Å². The SMILES string of the molecule is CC[C@H](C)[C@H](NC(=O)[C@H]1CCCCN1C)C(=O)N(C)[C@H](C[C@@H](OC(C)=O)c1nc(C(=O)N[C@@H](Cc2ccccc2)C(=O)O)cs1)C(C)C. The summed E-state index contributed by atoms with van der Waals surface area (Å²) in [6.07, 6.45) is 2.86. The van der Waals surface area contributed by atoms with Gasteiger partial charge < -0.3 is 25.4 Å². The average Bonchev–Trinajstić information content (AvgIpc) is 3.55. The molecule has 1 aliphatic heterocycles. The molecule has 0 saturated carbocycles. The second kappa shape index (κ2) is 18.1. The number of thiazole rings is 1. The number of carbonyl (C=O) groups is 5. The maximum absolute atomic E-state index is 14.1. The van der Waals surface area contributed by atoms with Gasteiger partial charge in [0.15, 0.2) is 6.10 Å². The lowest BCUT2D eigenvalue weighted by Crippen LogP contribution is -2.58. The van der Waals surface area contributed by atoms with Gasteiger partial charge in [0.2, 0.25) is 11.8 Å². The fourth-order valence-electron chi connectivity index (χ4n) is 6.04. The molecule has 264 valence electrons. The smallest absolute Gasteiger partial charge is 0.326 e. The number of carbonyl (C=O) groups excluding carboxylic acids is 4. The van der Waals surface area contributed by atoms with Crippen molar-refractivity contribution in [2.45, 2.75) is 103 Å². The fraction of sp³-hybridized carbons (Fsp3) is 0.600. The predicted octanol–water partition coefficient (Wildman–Crippen LogP) is 4.06. The number of likely N-dealkylation sites (tertiary alicyclic amines) is 1. The Kier molecular flexibility index (Phi) is 14.5. The van der Waals surface area contributed by atoms with Crippen LogP contribution in [0.4, 0.5) is 0 Å². The number of carboxylic acids is 1. The van der Waals surface area contributed by atoms with E-state index in [-0.39, 0.29) is 48.2 Å². The van der Waals surface area contributed by atoms with E-state index in [0.717, 1.165) is 42.7 Å². The van der Waals surface area contributed by atoms with E-state index in [4.69, 9.17) is 4.74 Å². The Labute approximate surface area is 287 Å². The van der Waals surface area contributed by atoms with Crippen LogP contribution in [0.5, 0.6) is 0 Å². The van der Waals surface area contributed by atoms with E-state index in [0.29, 0.717) is 11.4 Å². The van der Waals surface area contributed by atoms with Crippen molar-refractivity contribution in [2.75, 3.05) is 20.6 Å². The van der Waals surface area contributed by atoms with Crippen LogP contribution in [0.15, 0.2) is 35.7 Å². The van der Waals surface area contributed by atoms with Crippen LogP contribution < -0.4 is 10.6 Å². The number of esters is 1. The minimum Gasteiger partial charge on any atom is -0.480 e. The van der Waals surface area contributed by atoms with Gasteiger partial charge in [-0.3, -0.25) is 24.1 Å². The van der Waals surface area contributed by atoms with Gasteiger partial charge in [-0.1, -0.05) is 70.9 Å². The van der Waals surface area contributed by atoms with Crippen LogP contribution >= 0.6 is 11.3 Å². The molecular formula is C35H51N5O7S. The third-order valence-electron chi connectivity index (χ3n) is 9.14. The minimum absolute atomic E-state index is 0.00391. The van der Waals surface area contributed by atoms with E-state index < -0.39 is 42.1 Å². The molecule has 0 unspecified atom stereocenters. The van der Waals surface area contributed by atoms with Crippen LogP contribution in [0.2, 0.25) is 0 Å². The van der Waals surface area contributed by atoms with Crippen molar-refractivity contribution >= 4 is 41.0 Å². The molecule has 12 nitrogen and oxygen atoms in total. The van der Waals surface area contributed by atoms with E-state index in [2.05, 4.69) is 15.6 Å². The first-order valence-corrected chi connectivity index (χ1v) is 17.6. The van der Waals surface area contributed by atoms with Crippen molar-refractivity contribution in [3.8, 4) is 0 Å². The molecule has 3 amide bonds. The number of piperidine rings is 1. The summed E-state index contributed by atoms with van der Waals surface area (Å²) in [6, 6.07) is 6.40. The van der Waals surface area contributed by atoms with E-state index in [1.165, 1.54) is 12.3 Å². The van der Waals surface area contributed by atoms with Crippen LogP contribution in [-0.4, -0.2) is 94.4 Å². The van der Waals surface area contributed by atoms with Gasteiger partial charge in [0.25, 0.3) is 5.91 Å². The molecule has 13 heteroatoms. The number of carboxylic acid groups (broad SMARTS) is 1. The predicted molar refractivity (Wildman–Crippen MR) is 183 cm³/mol. The quantitative estimate of drug-likeness (QED) is 0.222. The Morgan fingerprint density at radius 3 is 2.38 bits per heavy atom. The van der Waals surface area contributed by atoms with Gasteiger partial charge in [-0.15, -0.1) is 11.3 Å². The number of nitrogens with one attached hydrogen (secondary N) is 2. The zero-order valence-corrected chi connectivity index (χ0v) is 29.9. The number of benzene rings is 1. The Morgan fingerprint density at radius 2 is 1.79 bits per heavy atom. The molecule has 6 atom stereocenters. The summed E-state index contributed by atoms with van der Waals surface area (Å²) in [7, 11) is 3.63. The Hall–Kier alpha value is -3.84. The molecule has 3 rings (SSSR count). The van der Waals surface area contributed by atoms with Crippen molar-refractivity contribution in [3.05, 3.63) is 52.0 Å². The number of likely N-dealkylation sites (N-methyl/N-ethyl adjacent to an activating group) is 2. The molecule has 1 aromatic carbocycles. The van der Waals surface area contributed by atoms with Crippen molar-refractivity contribution in [1.82, 2.24) is 25.4 Å². The summed E-state index contributed by atoms with van der Waals surface area (Å²) >= 11 is 1.12. The number of aliphatic carboxylic acids is 1. The Morgan fingerprint density at radius 1 is 1.10 bits per heavy atom. The van der Waals surface area contributed by atoms with Gasteiger partial charge in [0.1, 0.15) is 22.8 Å². The molecule has 3 N–H and O–H groups in total. The highest BCUT2D eigenvalue weighted by atomic mass is 32.1. The first-order chi connectivity index (χ1) is 22.7. The number of hydrogen-bond donors (Lipinski definition) is 3. The Balaban J connectivity index is 1.79. The number of nitrogens with zero attached hydrogens (tertiary/aromatic N) is 3. The Bertz CT molecular complexity index is 1400. The molecule has 1 saturated heterocycles. The second-order valence-electron chi connectivity index (χ2n) is 13.1. The van der Waals surface area contributed by atoms with E-state index in [1.54, 1.807) is 36.2 Å². The summed E-state index contributed by atoms with van der Waals surface area (Å²) in [5.41, 5.74) is 0.762. The third kappa shape index (κ3) is 10.6. The summed E-state index contributed by atoms with van der Waals surface area (Å²) < 4.78 is 5.69. The lowest BCUT2D eigenvalue weighted by Gasteiger charge is -2.38. The maximum atomic E-state index is 14.1. The zero-order valence-electron chi connectivity index (χ0n) is 29.1. The van der Waals surface area contributed by atoms with Gasteiger partial charge in [0, 0.05) is 38.2 Å². The average molecular weight is 686 g/mol. The number of rotatable bonds is 16. The van der Waals surface area contributed by atoms with Gasteiger partial charge in [0.05, 0.1) is 6.04 Å². The summed E-state index contributed by atoms with van der Waals surface area (Å²) in [4.78, 5) is 72.8. The van der Waals surface area contributed by atoms with Crippen molar-refractivity contribution in [3.63, 3.8) is 0 Å². The number of amides is 3. The third-order valence-corrected chi connectivity index (χ3v) is 10.1. The maximum Gasteiger partial charge on any atom is 0.326 e. The first kappa shape index (κ1) is 38.6. The topological polar surface area (TPSA) is 158 Å². The molecular weight excluding hydrogens is 634 g/mol. The molecule has 1 aromatic heterocycles. The lowest BCUT2D eigenvalue weighted by atomic mass is 9.92. The molecule has 2 aromatic rings. The molecule has 0 bridgehead atoms. The van der Waals surface area contributed by atoms with Gasteiger partial charge in [-0.25, -0.2) is 9.78 Å². The number of aromatic nitrogens is 1. The standard InChI is InChI=1S/C35H51N5O7S/c1-8-22(4)30(38-32(43)27-16-12-13-17-39(27)6)34(44)40(7)28(21(2)3)19-29(47-23(5)41)33-37-26(20-48-33)31(42)36-25(35(45)46)18-24-14-10-9-11-15-24/h9-11,14-15,20-22,25,27-30H,8,12-13,16-19H2,1-7H3,(H,36,42)(H,38,43)(H,45,46)/t22-,25-,27+,28+,29+,30-/m0/s1. The van der Waals surface area contributed by atoms with E-state index >= 15 is 0 Å². The van der Waals surface area contributed by atoms with Crippen LogP contribution in [-0.2, 0) is 30.3 Å². The summed E-state index contributed by atoms with van der Waals surface area (Å²) in [5, 5.41) is 17.2. The molecule has 0 spiro atoms. The molecule has 0 radical (unpaired) electrons. The molecule has 2 heterocycles. The largest absolute Gasteiger partial charge is 0.480 e. The number of ether oxygens (including phenoxy) is 1. The zero-order chi connectivity index (χ0) is 35.5. The second-order valence-corrected chi connectivity index (χ2v) is 14.0. The van der Waals surface area contributed by atoms with Crippen molar-refractivity contribution in [1.29, 1.82) is 0 Å². The highest BCUT2D eigenvalue weighted by molar-refractivity contribution is 7.09. The highest BCUT2D eigenvalue weighted by Crippen LogP contribution is 2.31. The molecule has 48 heavy (non-hydrogen) atoms. The lowest BCUT2D eigenvalue weighted by molar-refractivity contribution is -0.149. The normalized spacial score (nSPS) is 18.2.